The zero-order valence-electron chi connectivity index (χ0n) is 11.5. The van der Waals surface area contributed by atoms with Crippen molar-refractivity contribution < 1.29 is 8.42 Å². The molecule has 0 aliphatic heterocycles. The summed E-state index contributed by atoms with van der Waals surface area (Å²) in [6, 6.07) is 7.62. The molecule has 0 aliphatic carbocycles. The molecule has 0 fully saturated rings. The van der Waals surface area contributed by atoms with Gasteiger partial charge in [0.1, 0.15) is 0 Å². The van der Waals surface area contributed by atoms with E-state index >= 15 is 0 Å². The molecule has 0 heterocycles. The second kappa shape index (κ2) is 7.19. The van der Waals surface area contributed by atoms with Crippen molar-refractivity contribution in [1.29, 1.82) is 0 Å². The Labute approximate surface area is 116 Å². The molecule has 1 rings (SSSR count). The van der Waals surface area contributed by atoms with Crippen LogP contribution in [-0.2, 0) is 10.0 Å². The van der Waals surface area contributed by atoms with Crippen LogP contribution in [0, 0.1) is 0 Å². The fraction of sp³-hybridized carbons (Fsp3) is 0.429. The predicted molar refractivity (Wildman–Crippen MR) is 82.0 cm³/mol. The molecule has 0 amide bonds. The van der Waals surface area contributed by atoms with Crippen LogP contribution in [0.25, 0.3) is 0 Å². The van der Waals surface area contributed by atoms with Gasteiger partial charge in [-0.2, -0.15) is 0 Å². The van der Waals surface area contributed by atoms with Crippen LogP contribution in [-0.4, -0.2) is 20.2 Å². The van der Waals surface area contributed by atoms with E-state index in [1.54, 1.807) is 19.1 Å². The van der Waals surface area contributed by atoms with Crippen molar-refractivity contribution in [1.82, 2.24) is 0 Å². The van der Waals surface area contributed by atoms with E-state index < -0.39 is 10.0 Å². The van der Waals surface area contributed by atoms with Crippen LogP contribution in [0.15, 0.2) is 36.9 Å². The first-order valence-corrected chi connectivity index (χ1v) is 8.10. The predicted octanol–water partition coefficient (Wildman–Crippen LogP) is 3.21. The monoisotopic (exact) mass is 282 g/mol. The van der Waals surface area contributed by atoms with E-state index in [9.17, 15) is 8.42 Å². The van der Waals surface area contributed by atoms with E-state index in [1.165, 1.54) is 0 Å². The number of hydrogen-bond donors (Lipinski definition) is 2. The Hall–Kier alpha value is -1.49. The highest BCUT2D eigenvalue weighted by atomic mass is 32.2. The van der Waals surface area contributed by atoms with Crippen molar-refractivity contribution in [2.24, 2.45) is 0 Å². The SMILES string of the molecule is C=CCCC(C)Nc1ccc(NS(=O)(=O)CC)cc1. The van der Waals surface area contributed by atoms with Crippen LogP contribution in [0.2, 0.25) is 0 Å². The summed E-state index contributed by atoms with van der Waals surface area (Å²) < 4.78 is 25.3. The van der Waals surface area contributed by atoms with Gasteiger partial charge in [-0.05, 0) is 51.0 Å². The molecule has 0 saturated heterocycles. The molecule has 2 N–H and O–H groups in total. The first-order valence-electron chi connectivity index (χ1n) is 6.45. The summed E-state index contributed by atoms with van der Waals surface area (Å²) in [7, 11) is -3.20. The number of rotatable bonds is 8. The van der Waals surface area contributed by atoms with Gasteiger partial charge in [0, 0.05) is 17.4 Å². The van der Waals surface area contributed by atoms with Crippen molar-refractivity contribution >= 4 is 21.4 Å². The number of anilines is 2. The highest BCUT2D eigenvalue weighted by Crippen LogP contribution is 2.16. The minimum absolute atomic E-state index is 0.0750. The number of allylic oxidation sites excluding steroid dienone is 1. The molecule has 19 heavy (non-hydrogen) atoms. The quantitative estimate of drug-likeness (QED) is 0.720. The van der Waals surface area contributed by atoms with Crippen LogP contribution < -0.4 is 10.0 Å². The summed E-state index contributed by atoms with van der Waals surface area (Å²) in [5.74, 6) is 0.0750. The van der Waals surface area contributed by atoms with Crippen molar-refractivity contribution in [3.05, 3.63) is 36.9 Å². The molecule has 0 saturated carbocycles. The summed E-state index contributed by atoms with van der Waals surface area (Å²) in [6.45, 7) is 7.42. The molecule has 0 spiro atoms. The lowest BCUT2D eigenvalue weighted by atomic mass is 10.1. The first kappa shape index (κ1) is 15.6. The lowest BCUT2D eigenvalue weighted by Gasteiger charge is -2.15. The Morgan fingerprint density at radius 2 is 1.84 bits per heavy atom. The van der Waals surface area contributed by atoms with Crippen molar-refractivity contribution in [2.75, 3.05) is 15.8 Å². The number of sulfonamides is 1. The van der Waals surface area contributed by atoms with Gasteiger partial charge in [-0.25, -0.2) is 8.42 Å². The third kappa shape index (κ3) is 5.79. The average molecular weight is 282 g/mol. The molecule has 0 aromatic heterocycles. The van der Waals surface area contributed by atoms with Crippen LogP contribution in [0.3, 0.4) is 0 Å². The number of benzene rings is 1. The fourth-order valence-corrected chi connectivity index (χ4v) is 2.25. The molecule has 4 nitrogen and oxygen atoms in total. The van der Waals surface area contributed by atoms with E-state index in [0.717, 1.165) is 18.5 Å². The largest absolute Gasteiger partial charge is 0.383 e. The Balaban J connectivity index is 2.59. The van der Waals surface area contributed by atoms with Crippen LogP contribution >= 0.6 is 0 Å². The summed E-state index contributed by atoms with van der Waals surface area (Å²) in [6.07, 6.45) is 3.90. The summed E-state index contributed by atoms with van der Waals surface area (Å²) in [5, 5.41) is 3.36. The molecule has 106 valence electrons. The van der Waals surface area contributed by atoms with Gasteiger partial charge in [-0.1, -0.05) is 6.08 Å². The Kier molecular flexibility index (Phi) is 5.89. The molecule has 0 aliphatic rings. The maximum Gasteiger partial charge on any atom is 0.232 e. The summed E-state index contributed by atoms with van der Waals surface area (Å²) >= 11 is 0. The lowest BCUT2D eigenvalue weighted by molar-refractivity contribution is 0.602. The van der Waals surface area contributed by atoms with E-state index in [0.29, 0.717) is 11.7 Å². The minimum atomic E-state index is -3.20. The van der Waals surface area contributed by atoms with Crippen LogP contribution in [0.4, 0.5) is 11.4 Å². The third-order valence-electron chi connectivity index (χ3n) is 2.76. The second-order valence-corrected chi connectivity index (χ2v) is 6.51. The topological polar surface area (TPSA) is 58.2 Å². The van der Waals surface area contributed by atoms with Gasteiger partial charge in [-0.3, -0.25) is 4.72 Å². The first-order chi connectivity index (χ1) is 8.96. The van der Waals surface area contributed by atoms with Crippen molar-refractivity contribution in [3.63, 3.8) is 0 Å². The standard InChI is InChI=1S/C14H22N2O2S/c1-4-6-7-12(3)15-13-8-10-14(11-9-13)16-19(17,18)5-2/h4,8-12,15-16H,1,5-7H2,2-3H3. The molecular formula is C14H22N2O2S. The van der Waals surface area contributed by atoms with E-state index in [-0.39, 0.29) is 5.75 Å². The summed E-state index contributed by atoms with van der Waals surface area (Å²) in [5.41, 5.74) is 1.57. The molecule has 0 bridgehead atoms. The van der Waals surface area contributed by atoms with Gasteiger partial charge in [-0.15, -0.1) is 6.58 Å². The number of nitrogens with one attached hydrogen (secondary N) is 2. The second-order valence-electron chi connectivity index (χ2n) is 4.49. The summed E-state index contributed by atoms with van der Waals surface area (Å²) in [4.78, 5) is 0. The van der Waals surface area contributed by atoms with Gasteiger partial charge in [0.2, 0.25) is 10.0 Å². The molecule has 1 aromatic carbocycles. The van der Waals surface area contributed by atoms with Gasteiger partial charge < -0.3 is 5.32 Å². The fourth-order valence-electron chi connectivity index (χ4n) is 1.61. The van der Waals surface area contributed by atoms with Crippen LogP contribution in [0.5, 0.6) is 0 Å². The lowest BCUT2D eigenvalue weighted by Crippen LogP contribution is -2.15. The molecule has 1 atom stereocenters. The zero-order valence-corrected chi connectivity index (χ0v) is 12.3. The third-order valence-corrected chi connectivity index (χ3v) is 4.06. The van der Waals surface area contributed by atoms with Gasteiger partial charge >= 0.3 is 0 Å². The maximum absolute atomic E-state index is 11.4. The Bertz CT molecular complexity index is 495. The van der Waals surface area contributed by atoms with E-state index in [2.05, 4.69) is 23.5 Å². The smallest absolute Gasteiger partial charge is 0.232 e. The molecule has 1 unspecified atom stereocenters. The molecule has 5 heteroatoms. The van der Waals surface area contributed by atoms with Gasteiger partial charge in [0.05, 0.1) is 5.75 Å². The molecular weight excluding hydrogens is 260 g/mol. The van der Waals surface area contributed by atoms with Crippen molar-refractivity contribution in [2.45, 2.75) is 32.7 Å². The van der Waals surface area contributed by atoms with E-state index in [1.807, 2.05) is 18.2 Å². The van der Waals surface area contributed by atoms with Crippen LogP contribution in [0.1, 0.15) is 26.7 Å². The molecule has 1 aromatic rings. The van der Waals surface area contributed by atoms with Gasteiger partial charge in [0.25, 0.3) is 0 Å². The number of hydrogen-bond acceptors (Lipinski definition) is 3. The Morgan fingerprint density at radius 3 is 2.37 bits per heavy atom. The maximum atomic E-state index is 11.4. The minimum Gasteiger partial charge on any atom is -0.383 e. The Morgan fingerprint density at radius 1 is 1.26 bits per heavy atom. The normalized spacial score (nSPS) is 12.7. The average Bonchev–Trinajstić information content (AvgIpc) is 2.38. The highest BCUT2D eigenvalue weighted by Gasteiger charge is 2.06. The van der Waals surface area contributed by atoms with Gasteiger partial charge in [0.15, 0.2) is 0 Å². The van der Waals surface area contributed by atoms with E-state index in [4.69, 9.17) is 0 Å². The molecule has 0 radical (unpaired) electrons. The zero-order chi connectivity index (χ0) is 14.3. The van der Waals surface area contributed by atoms with Crippen molar-refractivity contribution in [3.8, 4) is 0 Å². The highest BCUT2D eigenvalue weighted by molar-refractivity contribution is 7.92.